The number of piperazine rings is 1. The van der Waals surface area contributed by atoms with Gasteiger partial charge >= 0.3 is 5.97 Å². The number of hydrogen-bond acceptors (Lipinski definition) is 5. The Bertz CT molecular complexity index is 570. The number of aromatic nitrogens is 1. The summed E-state index contributed by atoms with van der Waals surface area (Å²) >= 11 is 0. The van der Waals surface area contributed by atoms with Crippen LogP contribution in [0.5, 0.6) is 0 Å². The normalized spacial score (nSPS) is 21.2. The molecule has 1 fully saturated rings. The Morgan fingerprint density at radius 2 is 2.26 bits per heavy atom. The molecule has 0 aromatic carbocycles. The first-order valence-electron chi connectivity index (χ1n) is 5.81. The van der Waals surface area contributed by atoms with Gasteiger partial charge in [0.25, 0.3) is 10.0 Å². The van der Waals surface area contributed by atoms with Crippen molar-refractivity contribution in [3.63, 3.8) is 0 Å². The lowest BCUT2D eigenvalue weighted by Gasteiger charge is -2.31. The van der Waals surface area contributed by atoms with Crippen molar-refractivity contribution in [1.29, 1.82) is 0 Å². The minimum atomic E-state index is -3.87. The fourth-order valence-electron chi connectivity index (χ4n) is 1.91. The number of nitrogens with zero attached hydrogens (tertiary/aromatic N) is 2. The van der Waals surface area contributed by atoms with E-state index in [4.69, 9.17) is 5.11 Å². The van der Waals surface area contributed by atoms with Gasteiger partial charge in [-0.2, -0.15) is 4.31 Å². The predicted molar refractivity (Wildman–Crippen MR) is 67.2 cm³/mol. The lowest BCUT2D eigenvalue weighted by Crippen LogP contribution is -2.56. The molecular weight excluding hydrogens is 270 g/mol. The summed E-state index contributed by atoms with van der Waals surface area (Å²) in [6, 6.07) is 1.94. The summed E-state index contributed by atoms with van der Waals surface area (Å²) in [4.78, 5) is 15.0. The highest BCUT2D eigenvalue weighted by atomic mass is 32.2. The molecule has 2 rings (SSSR count). The number of hydrogen-bond donors (Lipinski definition) is 2. The monoisotopic (exact) mass is 285 g/mol. The van der Waals surface area contributed by atoms with E-state index in [1.54, 1.807) is 13.0 Å². The molecule has 2 heterocycles. The third kappa shape index (κ3) is 2.75. The van der Waals surface area contributed by atoms with Gasteiger partial charge < -0.3 is 10.4 Å². The molecule has 7 nitrogen and oxygen atoms in total. The maximum atomic E-state index is 12.4. The average molecular weight is 285 g/mol. The summed E-state index contributed by atoms with van der Waals surface area (Å²) in [5.41, 5.74) is 0.842. The van der Waals surface area contributed by atoms with Crippen molar-refractivity contribution >= 4 is 16.0 Å². The second-order valence-corrected chi connectivity index (χ2v) is 6.19. The third-order valence-corrected chi connectivity index (χ3v) is 4.76. The van der Waals surface area contributed by atoms with Crippen molar-refractivity contribution in [3.05, 3.63) is 23.9 Å². The largest absolute Gasteiger partial charge is 0.480 e. The van der Waals surface area contributed by atoms with Gasteiger partial charge in [0, 0.05) is 25.8 Å². The van der Waals surface area contributed by atoms with Gasteiger partial charge in [-0.25, -0.2) is 13.4 Å². The van der Waals surface area contributed by atoms with Crippen molar-refractivity contribution in [1.82, 2.24) is 14.6 Å². The van der Waals surface area contributed by atoms with Crippen LogP contribution in [0.4, 0.5) is 0 Å². The van der Waals surface area contributed by atoms with Gasteiger partial charge in [0.15, 0.2) is 5.03 Å². The third-order valence-electron chi connectivity index (χ3n) is 2.94. The van der Waals surface area contributed by atoms with Gasteiger partial charge in [-0.05, 0) is 18.6 Å². The maximum absolute atomic E-state index is 12.4. The molecule has 0 radical (unpaired) electrons. The van der Waals surface area contributed by atoms with E-state index in [-0.39, 0.29) is 18.1 Å². The van der Waals surface area contributed by atoms with Gasteiger partial charge in [0.1, 0.15) is 6.04 Å². The maximum Gasteiger partial charge on any atom is 0.323 e. The Labute approximate surface area is 111 Å². The average Bonchev–Trinajstić information content (AvgIpc) is 2.39. The minimum absolute atomic E-state index is 0.0976. The first-order chi connectivity index (χ1) is 8.93. The van der Waals surface area contributed by atoms with Crippen molar-refractivity contribution in [2.75, 3.05) is 19.6 Å². The van der Waals surface area contributed by atoms with Crippen LogP contribution >= 0.6 is 0 Å². The first-order valence-corrected chi connectivity index (χ1v) is 7.25. The van der Waals surface area contributed by atoms with Crippen LogP contribution in [0.1, 0.15) is 5.56 Å². The topological polar surface area (TPSA) is 99.6 Å². The standard InChI is InChI=1S/C11H15N3O4S/c1-8-2-3-10(13-6-8)19(17,18)14-5-4-12-7-9(14)11(15)16/h2-3,6,9,12H,4-5,7H2,1H3,(H,15,16)/t9-/m1/s1. The number of aliphatic carboxylic acids is 1. The Kier molecular flexibility index (Phi) is 3.83. The zero-order valence-corrected chi connectivity index (χ0v) is 11.2. The quantitative estimate of drug-likeness (QED) is 0.772. The first kappa shape index (κ1) is 13.9. The number of pyridine rings is 1. The lowest BCUT2D eigenvalue weighted by atomic mass is 10.2. The lowest BCUT2D eigenvalue weighted by molar-refractivity contribution is -0.141. The van der Waals surface area contributed by atoms with Crippen molar-refractivity contribution in [3.8, 4) is 0 Å². The highest BCUT2D eigenvalue weighted by Crippen LogP contribution is 2.18. The van der Waals surface area contributed by atoms with Crippen LogP contribution in [-0.4, -0.2) is 54.5 Å². The highest BCUT2D eigenvalue weighted by molar-refractivity contribution is 7.89. The molecule has 0 bridgehead atoms. The van der Waals surface area contributed by atoms with Crippen molar-refractivity contribution < 1.29 is 18.3 Å². The number of nitrogens with one attached hydrogen (secondary N) is 1. The summed E-state index contributed by atoms with van der Waals surface area (Å²) < 4.78 is 25.8. The molecular formula is C11H15N3O4S. The summed E-state index contributed by atoms with van der Waals surface area (Å²) in [6.45, 7) is 2.44. The van der Waals surface area contributed by atoms with Crippen LogP contribution in [0.3, 0.4) is 0 Å². The van der Waals surface area contributed by atoms with E-state index < -0.39 is 22.0 Å². The van der Waals surface area contributed by atoms with Crippen LogP contribution in [0.25, 0.3) is 0 Å². The molecule has 1 aromatic heterocycles. The summed E-state index contributed by atoms with van der Waals surface area (Å²) in [5, 5.41) is 11.8. The van der Waals surface area contributed by atoms with Crippen LogP contribution in [0.2, 0.25) is 0 Å². The molecule has 0 amide bonds. The van der Waals surface area contributed by atoms with Gasteiger partial charge in [-0.3, -0.25) is 4.79 Å². The molecule has 0 aliphatic carbocycles. The predicted octanol–water partition coefficient (Wildman–Crippen LogP) is -0.563. The molecule has 1 atom stereocenters. The zero-order valence-electron chi connectivity index (χ0n) is 10.4. The smallest absolute Gasteiger partial charge is 0.323 e. The van der Waals surface area contributed by atoms with Crippen molar-refractivity contribution in [2.24, 2.45) is 0 Å². The number of carboxylic acid groups (broad SMARTS) is 1. The molecule has 19 heavy (non-hydrogen) atoms. The Hall–Kier alpha value is -1.51. The number of carbonyl (C=O) groups is 1. The van der Waals surface area contributed by atoms with Crippen LogP contribution in [-0.2, 0) is 14.8 Å². The SMILES string of the molecule is Cc1ccc(S(=O)(=O)N2CCNC[C@@H]2C(=O)O)nc1. The number of rotatable bonds is 3. The van der Waals surface area contributed by atoms with E-state index in [9.17, 15) is 13.2 Å². The van der Waals surface area contributed by atoms with Crippen molar-refractivity contribution in [2.45, 2.75) is 18.0 Å². The van der Waals surface area contributed by atoms with E-state index in [0.717, 1.165) is 9.87 Å². The van der Waals surface area contributed by atoms with Gasteiger partial charge in [0.2, 0.25) is 0 Å². The van der Waals surface area contributed by atoms with Crippen LogP contribution in [0.15, 0.2) is 23.4 Å². The summed E-state index contributed by atoms with van der Waals surface area (Å²) in [6.07, 6.45) is 1.45. The van der Waals surface area contributed by atoms with E-state index in [1.165, 1.54) is 12.3 Å². The van der Waals surface area contributed by atoms with E-state index in [1.807, 2.05) is 0 Å². The number of sulfonamides is 1. The Balaban J connectivity index is 2.37. The van der Waals surface area contributed by atoms with E-state index in [2.05, 4.69) is 10.3 Å². The Morgan fingerprint density at radius 1 is 1.53 bits per heavy atom. The molecule has 104 valence electrons. The van der Waals surface area contributed by atoms with Crippen LogP contribution in [0, 0.1) is 6.92 Å². The fourth-order valence-corrected chi connectivity index (χ4v) is 3.41. The molecule has 1 aromatic rings. The molecule has 8 heteroatoms. The number of carboxylic acids is 1. The minimum Gasteiger partial charge on any atom is -0.480 e. The van der Waals surface area contributed by atoms with E-state index >= 15 is 0 Å². The summed E-state index contributed by atoms with van der Waals surface area (Å²) in [5.74, 6) is -1.16. The Morgan fingerprint density at radius 3 is 2.84 bits per heavy atom. The van der Waals surface area contributed by atoms with Crippen LogP contribution < -0.4 is 5.32 Å². The second-order valence-electron chi connectivity index (χ2n) is 4.35. The van der Waals surface area contributed by atoms with Gasteiger partial charge in [-0.15, -0.1) is 0 Å². The molecule has 0 saturated carbocycles. The molecule has 1 saturated heterocycles. The van der Waals surface area contributed by atoms with Gasteiger partial charge in [-0.1, -0.05) is 6.07 Å². The molecule has 2 N–H and O–H groups in total. The molecule has 0 spiro atoms. The van der Waals surface area contributed by atoms with Gasteiger partial charge in [0.05, 0.1) is 0 Å². The number of aryl methyl sites for hydroxylation is 1. The fraction of sp³-hybridized carbons (Fsp3) is 0.455. The zero-order chi connectivity index (χ0) is 14.0. The molecule has 1 aliphatic rings. The summed E-state index contributed by atoms with van der Waals surface area (Å²) in [7, 11) is -3.87. The second kappa shape index (κ2) is 5.24. The molecule has 1 aliphatic heterocycles. The molecule has 0 unspecified atom stereocenters. The highest BCUT2D eigenvalue weighted by Gasteiger charge is 2.38. The van der Waals surface area contributed by atoms with E-state index in [0.29, 0.717) is 6.54 Å².